The molecule has 3 N–H and O–H groups in total. The number of hydrogen-bond acceptors (Lipinski definition) is 4. The van der Waals surface area contributed by atoms with Gasteiger partial charge in [-0.15, -0.1) is 0 Å². The van der Waals surface area contributed by atoms with E-state index in [1.54, 1.807) is 24.5 Å². The molecule has 0 fully saturated rings. The first kappa shape index (κ1) is 19.2. The third-order valence-electron chi connectivity index (χ3n) is 4.54. The molecule has 1 aliphatic rings. The molecule has 2 aromatic rings. The summed E-state index contributed by atoms with van der Waals surface area (Å²) in [5.41, 5.74) is 1.67. The van der Waals surface area contributed by atoms with Crippen LogP contribution in [0.1, 0.15) is 50.5 Å². The number of aliphatic imine (C=N–C) groups is 1. The summed E-state index contributed by atoms with van der Waals surface area (Å²) >= 11 is 0. The van der Waals surface area contributed by atoms with Gasteiger partial charge in [0.15, 0.2) is 5.96 Å². The van der Waals surface area contributed by atoms with E-state index in [1.807, 2.05) is 25.1 Å². The van der Waals surface area contributed by atoms with Gasteiger partial charge in [0, 0.05) is 30.9 Å². The Morgan fingerprint density at radius 1 is 1.30 bits per heavy atom. The summed E-state index contributed by atoms with van der Waals surface area (Å²) in [7, 11) is 0. The average Bonchev–Trinajstić information content (AvgIpc) is 2.66. The van der Waals surface area contributed by atoms with Crippen molar-refractivity contribution in [3.63, 3.8) is 0 Å². The first-order chi connectivity index (χ1) is 13.0. The summed E-state index contributed by atoms with van der Waals surface area (Å²) in [6.45, 7) is 7.22. The van der Waals surface area contributed by atoms with E-state index in [2.05, 4.69) is 40.5 Å². The van der Waals surface area contributed by atoms with E-state index >= 15 is 0 Å². The highest BCUT2D eigenvalue weighted by molar-refractivity contribution is 5.80. The molecule has 6 nitrogen and oxygen atoms in total. The highest BCUT2D eigenvalue weighted by Gasteiger charge is 2.33. The minimum Gasteiger partial charge on any atom is -0.487 e. The Labute approximate surface area is 160 Å². The summed E-state index contributed by atoms with van der Waals surface area (Å²) in [5.74, 6) is 1.59. The van der Waals surface area contributed by atoms with Crippen LogP contribution < -0.4 is 15.4 Å². The fraction of sp³-hybridized carbons (Fsp3) is 0.429. The number of nitrogens with one attached hydrogen (secondary N) is 2. The minimum atomic E-state index is -0.665. The van der Waals surface area contributed by atoms with E-state index in [4.69, 9.17) is 4.74 Å². The van der Waals surface area contributed by atoms with Crippen molar-refractivity contribution in [3.05, 3.63) is 59.9 Å². The van der Waals surface area contributed by atoms with Gasteiger partial charge in [-0.05, 0) is 44.5 Å². The first-order valence-corrected chi connectivity index (χ1v) is 9.39. The number of aromatic nitrogens is 1. The number of pyridine rings is 1. The molecule has 2 atom stereocenters. The maximum atomic E-state index is 10.4. The molecule has 2 heterocycles. The molecular weight excluding hydrogens is 340 g/mol. The second kappa shape index (κ2) is 8.39. The maximum Gasteiger partial charge on any atom is 0.191 e. The number of aliphatic hydroxyl groups is 1. The lowest BCUT2D eigenvalue weighted by atomic mass is 9.90. The van der Waals surface area contributed by atoms with Crippen LogP contribution in [0.4, 0.5) is 0 Å². The number of fused-ring (bicyclic) bond motifs is 1. The van der Waals surface area contributed by atoms with Crippen LogP contribution in [0.15, 0.2) is 53.8 Å². The Morgan fingerprint density at radius 3 is 2.78 bits per heavy atom. The van der Waals surface area contributed by atoms with Gasteiger partial charge in [0.25, 0.3) is 0 Å². The van der Waals surface area contributed by atoms with Gasteiger partial charge in [-0.3, -0.25) is 9.98 Å². The number of rotatable bonds is 5. The molecule has 2 unspecified atom stereocenters. The molecule has 3 rings (SSSR count). The van der Waals surface area contributed by atoms with Crippen molar-refractivity contribution in [1.82, 2.24) is 15.6 Å². The number of nitrogens with zero attached hydrogens (tertiary/aromatic N) is 2. The predicted molar refractivity (Wildman–Crippen MR) is 107 cm³/mol. The van der Waals surface area contributed by atoms with Crippen molar-refractivity contribution in [2.24, 2.45) is 4.99 Å². The molecule has 1 aromatic heterocycles. The lowest BCUT2D eigenvalue weighted by Crippen LogP contribution is -2.45. The Kier molecular flexibility index (Phi) is 5.96. The predicted octanol–water partition coefficient (Wildman–Crippen LogP) is 2.97. The molecule has 144 valence electrons. The first-order valence-electron chi connectivity index (χ1n) is 9.39. The molecular formula is C21H28N4O2. The van der Waals surface area contributed by atoms with Crippen LogP contribution >= 0.6 is 0 Å². The summed E-state index contributed by atoms with van der Waals surface area (Å²) in [5, 5.41) is 17.2. The largest absolute Gasteiger partial charge is 0.487 e. The van der Waals surface area contributed by atoms with Crippen LogP contribution in [0.25, 0.3) is 0 Å². The number of benzene rings is 1. The highest BCUT2D eigenvalue weighted by atomic mass is 16.5. The molecule has 6 heteroatoms. The van der Waals surface area contributed by atoms with Crippen LogP contribution in [0, 0.1) is 0 Å². The smallest absolute Gasteiger partial charge is 0.191 e. The Bertz CT molecular complexity index is 777. The fourth-order valence-corrected chi connectivity index (χ4v) is 3.28. The van der Waals surface area contributed by atoms with Gasteiger partial charge in [-0.1, -0.05) is 18.2 Å². The van der Waals surface area contributed by atoms with Crippen molar-refractivity contribution >= 4 is 5.96 Å². The number of hydrogen-bond donors (Lipinski definition) is 3. The number of ether oxygens (including phenoxy) is 1. The number of guanidine groups is 1. The molecule has 1 aliphatic heterocycles. The molecule has 0 radical (unpaired) electrons. The van der Waals surface area contributed by atoms with Gasteiger partial charge in [0.05, 0.1) is 18.7 Å². The molecule has 0 bridgehead atoms. The van der Waals surface area contributed by atoms with E-state index in [0.717, 1.165) is 29.8 Å². The molecule has 27 heavy (non-hydrogen) atoms. The zero-order valence-electron chi connectivity index (χ0n) is 16.1. The lowest BCUT2D eigenvalue weighted by Gasteiger charge is -2.38. The Morgan fingerprint density at radius 2 is 2.04 bits per heavy atom. The zero-order valence-corrected chi connectivity index (χ0v) is 16.1. The van der Waals surface area contributed by atoms with Crippen molar-refractivity contribution in [2.45, 2.75) is 44.9 Å². The van der Waals surface area contributed by atoms with Gasteiger partial charge < -0.3 is 20.5 Å². The zero-order chi connectivity index (χ0) is 19.3. The van der Waals surface area contributed by atoms with Gasteiger partial charge in [-0.2, -0.15) is 0 Å². The van der Waals surface area contributed by atoms with E-state index < -0.39 is 6.10 Å². The molecule has 0 aliphatic carbocycles. The average molecular weight is 368 g/mol. The van der Waals surface area contributed by atoms with Gasteiger partial charge >= 0.3 is 0 Å². The number of aliphatic hydroxyl groups excluding tert-OH is 1. The van der Waals surface area contributed by atoms with E-state index in [1.165, 1.54) is 0 Å². The van der Waals surface area contributed by atoms with Crippen LogP contribution in [0.2, 0.25) is 0 Å². The molecule has 0 amide bonds. The van der Waals surface area contributed by atoms with Crippen molar-refractivity contribution in [1.29, 1.82) is 0 Å². The monoisotopic (exact) mass is 368 g/mol. The summed E-state index contributed by atoms with van der Waals surface area (Å²) in [4.78, 5) is 8.57. The van der Waals surface area contributed by atoms with E-state index in [-0.39, 0.29) is 18.2 Å². The van der Waals surface area contributed by atoms with Gasteiger partial charge in [0.2, 0.25) is 0 Å². The molecule has 0 spiro atoms. The highest BCUT2D eigenvalue weighted by Crippen LogP contribution is 2.39. The number of para-hydroxylation sites is 1. The third kappa shape index (κ3) is 4.98. The van der Waals surface area contributed by atoms with Crippen LogP contribution in [-0.4, -0.2) is 34.7 Å². The van der Waals surface area contributed by atoms with Crippen LogP contribution in [0.3, 0.4) is 0 Å². The van der Waals surface area contributed by atoms with E-state index in [9.17, 15) is 5.11 Å². The quantitative estimate of drug-likeness (QED) is 0.559. The Hall–Kier alpha value is -2.60. The maximum absolute atomic E-state index is 10.4. The fourth-order valence-electron chi connectivity index (χ4n) is 3.28. The third-order valence-corrected chi connectivity index (χ3v) is 4.54. The second-order valence-corrected chi connectivity index (χ2v) is 7.32. The van der Waals surface area contributed by atoms with E-state index in [0.29, 0.717) is 5.96 Å². The second-order valence-electron chi connectivity index (χ2n) is 7.32. The van der Waals surface area contributed by atoms with Crippen LogP contribution in [0.5, 0.6) is 5.75 Å². The lowest BCUT2D eigenvalue weighted by molar-refractivity contribution is 0.0693. The van der Waals surface area contributed by atoms with Gasteiger partial charge in [0.1, 0.15) is 11.4 Å². The molecule has 0 saturated heterocycles. The van der Waals surface area contributed by atoms with Crippen molar-refractivity contribution < 1.29 is 9.84 Å². The summed E-state index contributed by atoms with van der Waals surface area (Å²) in [6, 6.07) is 11.8. The standard InChI is InChI=1S/C21H28N4O2/c1-4-23-20(24-14-18(26)15-9-11-22-12-10-15)25-17-13-21(2,3)27-19-8-6-5-7-16(17)19/h5-12,17-18,26H,4,13-14H2,1-3H3,(H2,23,24,25). The molecule has 1 aromatic carbocycles. The van der Waals surface area contributed by atoms with Crippen molar-refractivity contribution in [2.75, 3.05) is 13.1 Å². The summed E-state index contributed by atoms with van der Waals surface area (Å²) in [6.07, 6.45) is 3.50. The van der Waals surface area contributed by atoms with Crippen molar-refractivity contribution in [3.8, 4) is 5.75 Å². The minimum absolute atomic E-state index is 0.0841. The SMILES string of the molecule is CCNC(=NCC(O)c1ccncc1)NC1CC(C)(C)Oc2ccccc21. The molecule has 0 saturated carbocycles. The van der Waals surface area contributed by atoms with Gasteiger partial charge in [-0.25, -0.2) is 0 Å². The van der Waals surface area contributed by atoms with Crippen LogP contribution in [-0.2, 0) is 0 Å². The topological polar surface area (TPSA) is 78.8 Å². The summed E-state index contributed by atoms with van der Waals surface area (Å²) < 4.78 is 6.10. The normalized spacial score (nSPS) is 19.6. The Balaban J connectivity index is 1.76.